The molecule has 0 N–H and O–H groups in total. The zero-order valence-electron chi connectivity index (χ0n) is 26.9. The van der Waals surface area contributed by atoms with Crippen LogP contribution in [-0.4, -0.2) is 13.1 Å². The molecule has 2 nitrogen and oxygen atoms in total. The Bertz CT molecular complexity index is 1530. The first-order chi connectivity index (χ1) is 18.5. The fraction of sp³-hybridized carbons (Fsp3) is 0.405. The Hall–Kier alpha value is -3.04. The number of pyridine rings is 2. The van der Waals surface area contributed by atoms with E-state index in [0.29, 0.717) is 0 Å². The van der Waals surface area contributed by atoms with Crippen LogP contribution in [0.3, 0.4) is 0 Å². The molecular weight excluding hydrogens is 501 g/mol. The zero-order chi connectivity index (χ0) is 29.7. The third-order valence-corrected chi connectivity index (χ3v) is 13.4. The van der Waals surface area contributed by atoms with Gasteiger partial charge < -0.3 is 0 Å². The van der Waals surface area contributed by atoms with Gasteiger partial charge in [0.25, 0.3) is 0 Å². The summed E-state index contributed by atoms with van der Waals surface area (Å²) < 4.78 is 2.52. The molecule has 0 saturated heterocycles. The minimum absolute atomic E-state index is 0.00129. The maximum absolute atomic E-state index is 5.16. The number of hydrogen-bond donors (Lipinski definition) is 0. The van der Waals surface area contributed by atoms with Gasteiger partial charge in [-0.1, -0.05) is 102 Å². The summed E-state index contributed by atoms with van der Waals surface area (Å²) in [5.74, 6) is 0. The van der Waals surface area contributed by atoms with E-state index >= 15 is 0 Å². The Morgan fingerprint density at radius 2 is 1.25 bits per heavy atom. The van der Waals surface area contributed by atoms with E-state index in [-0.39, 0.29) is 16.2 Å². The molecule has 1 atom stereocenters. The topological polar surface area (TPSA) is 16.8 Å². The molecule has 0 aliphatic rings. The van der Waals surface area contributed by atoms with Gasteiger partial charge in [-0.15, -0.1) is 0 Å². The molecule has 2 heterocycles. The summed E-state index contributed by atoms with van der Waals surface area (Å²) in [4.78, 5) is 5.16. The zero-order valence-corrected chi connectivity index (χ0v) is 27.9. The Morgan fingerprint density at radius 3 is 1.82 bits per heavy atom. The van der Waals surface area contributed by atoms with E-state index in [4.69, 9.17) is 4.98 Å². The van der Waals surface area contributed by atoms with Gasteiger partial charge in [-0.25, -0.2) is 4.57 Å². The third kappa shape index (κ3) is 5.33. The highest BCUT2D eigenvalue weighted by Crippen LogP contribution is 2.34. The van der Waals surface area contributed by atoms with Crippen molar-refractivity contribution in [3.05, 3.63) is 113 Å². The molecule has 2 aromatic heterocycles. The summed E-state index contributed by atoms with van der Waals surface area (Å²) in [6.07, 6.45) is 2.03. The standard InChI is InChI=1S/C37H49N2Si/c1-26-17-13-15-19-30(26)37(9,10)32-23-29(36(6,7)8)25-34(39(32)11)40(12,31-20-16-14-18-27(31)2)33-24-28(21-22-38-33)35(3,4)5/h13-25H,1-12H3/q+1. The summed E-state index contributed by atoms with van der Waals surface area (Å²) in [6.45, 7) is 25.7. The van der Waals surface area contributed by atoms with E-state index in [1.165, 1.54) is 49.3 Å². The summed E-state index contributed by atoms with van der Waals surface area (Å²) >= 11 is 0. The number of aryl methyl sites for hydroxylation is 2. The van der Waals surface area contributed by atoms with Crippen LogP contribution in [-0.2, 0) is 23.3 Å². The van der Waals surface area contributed by atoms with Crippen LogP contribution in [0, 0.1) is 13.8 Å². The van der Waals surface area contributed by atoms with Crippen molar-refractivity contribution in [1.82, 2.24) is 4.98 Å². The lowest BCUT2D eigenvalue weighted by Gasteiger charge is -2.33. The smallest absolute Gasteiger partial charge is 0.247 e. The molecule has 3 heteroatoms. The number of hydrogen-bond acceptors (Lipinski definition) is 1. The lowest BCUT2D eigenvalue weighted by molar-refractivity contribution is -0.665. The molecule has 0 radical (unpaired) electrons. The lowest BCUT2D eigenvalue weighted by atomic mass is 9.77. The van der Waals surface area contributed by atoms with E-state index in [2.05, 4.69) is 160 Å². The first-order valence-electron chi connectivity index (χ1n) is 14.6. The minimum atomic E-state index is -2.56. The van der Waals surface area contributed by atoms with Crippen LogP contribution in [0.5, 0.6) is 0 Å². The molecule has 0 bridgehead atoms. The normalized spacial score (nSPS) is 14.2. The van der Waals surface area contributed by atoms with Crippen molar-refractivity contribution in [2.45, 2.75) is 92.0 Å². The highest BCUT2D eigenvalue weighted by Gasteiger charge is 2.47. The van der Waals surface area contributed by atoms with Crippen LogP contribution in [0.25, 0.3) is 0 Å². The van der Waals surface area contributed by atoms with Crippen molar-refractivity contribution >= 4 is 23.9 Å². The molecular formula is C37H49N2Si+. The summed E-state index contributed by atoms with van der Waals surface area (Å²) in [7, 11) is -0.274. The van der Waals surface area contributed by atoms with Crippen molar-refractivity contribution in [3.8, 4) is 0 Å². The minimum Gasteiger partial charge on any atom is -0.265 e. The molecule has 2 aromatic carbocycles. The van der Waals surface area contributed by atoms with E-state index in [1.54, 1.807) is 0 Å². The van der Waals surface area contributed by atoms with Gasteiger partial charge in [0.05, 0.1) is 5.41 Å². The fourth-order valence-electron chi connectivity index (χ4n) is 6.30. The second-order valence-electron chi connectivity index (χ2n) is 14.4. The Labute approximate surface area is 244 Å². The Balaban J connectivity index is 2.15. The van der Waals surface area contributed by atoms with Crippen molar-refractivity contribution in [3.63, 3.8) is 0 Å². The molecule has 4 rings (SSSR count). The van der Waals surface area contributed by atoms with Crippen LogP contribution in [0.1, 0.15) is 88.9 Å². The molecule has 210 valence electrons. The number of rotatable bonds is 5. The highest BCUT2D eigenvalue weighted by molar-refractivity contribution is 7.09. The molecule has 0 amide bonds. The third-order valence-electron chi connectivity index (χ3n) is 8.97. The molecule has 0 fully saturated rings. The van der Waals surface area contributed by atoms with Crippen LogP contribution in [0.2, 0.25) is 6.55 Å². The predicted molar refractivity (Wildman–Crippen MR) is 174 cm³/mol. The van der Waals surface area contributed by atoms with Crippen LogP contribution in [0.15, 0.2) is 79.0 Å². The molecule has 40 heavy (non-hydrogen) atoms. The maximum atomic E-state index is 5.16. The monoisotopic (exact) mass is 549 g/mol. The molecule has 1 unspecified atom stereocenters. The van der Waals surface area contributed by atoms with Crippen molar-refractivity contribution in [2.24, 2.45) is 7.05 Å². The van der Waals surface area contributed by atoms with Gasteiger partial charge >= 0.3 is 0 Å². The quantitative estimate of drug-likeness (QED) is 0.204. The average molecular weight is 550 g/mol. The number of nitrogens with zero attached hydrogens (tertiary/aromatic N) is 2. The Morgan fingerprint density at radius 1 is 0.675 bits per heavy atom. The van der Waals surface area contributed by atoms with Gasteiger partial charge in [-0.2, -0.15) is 0 Å². The molecule has 0 spiro atoms. The predicted octanol–water partition coefficient (Wildman–Crippen LogP) is 6.54. The summed E-state index contributed by atoms with van der Waals surface area (Å²) in [5, 5.41) is 4.04. The van der Waals surface area contributed by atoms with E-state index in [9.17, 15) is 0 Å². The van der Waals surface area contributed by atoms with Crippen molar-refractivity contribution < 1.29 is 4.57 Å². The van der Waals surface area contributed by atoms with Gasteiger partial charge in [0.1, 0.15) is 7.05 Å². The van der Waals surface area contributed by atoms with Crippen molar-refractivity contribution in [1.29, 1.82) is 0 Å². The Kier molecular flexibility index (Phi) is 7.79. The fourth-order valence-corrected chi connectivity index (χ4v) is 10.4. The van der Waals surface area contributed by atoms with E-state index in [0.717, 1.165) is 0 Å². The summed E-state index contributed by atoms with van der Waals surface area (Å²) in [6, 6.07) is 27.4. The molecule has 0 aliphatic carbocycles. The lowest BCUT2D eigenvalue weighted by Crippen LogP contribution is -2.75. The second kappa shape index (κ2) is 10.4. The van der Waals surface area contributed by atoms with Crippen LogP contribution >= 0.6 is 0 Å². The SMILES string of the molecule is Cc1ccccc1C(C)(C)c1cc(C(C)(C)C)cc([Si](C)(c2cc(C(C)(C)C)ccn2)c2ccccc2C)[n+]1C. The summed E-state index contributed by atoms with van der Waals surface area (Å²) in [5.41, 5.74) is 7.94. The largest absolute Gasteiger partial charge is 0.265 e. The number of benzene rings is 2. The van der Waals surface area contributed by atoms with Gasteiger partial charge in [0.15, 0.2) is 11.0 Å². The van der Waals surface area contributed by atoms with E-state index in [1.807, 2.05) is 6.20 Å². The number of aromatic nitrogens is 2. The van der Waals surface area contributed by atoms with Crippen LogP contribution in [0.4, 0.5) is 0 Å². The second-order valence-corrected chi connectivity index (χ2v) is 18.2. The van der Waals surface area contributed by atoms with Gasteiger partial charge in [-0.3, -0.25) is 4.98 Å². The molecule has 0 saturated carbocycles. The first kappa shape index (κ1) is 29.9. The van der Waals surface area contributed by atoms with Gasteiger partial charge in [0, 0.05) is 23.6 Å². The van der Waals surface area contributed by atoms with Gasteiger partial charge in [0.2, 0.25) is 8.07 Å². The average Bonchev–Trinajstić information content (AvgIpc) is 2.87. The van der Waals surface area contributed by atoms with Crippen molar-refractivity contribution in [2.75, 3.05) is 0 Å². The maximum Gasteiger partial charge on any atom is 0.247 e. The van der Waals surface area contributed by atoms with Crippen LogP contribution < -0.4 is 20.4 Å². The van der Waals surface area contributed by atoms with Gasteiger partial charge in [-0.05, 0) is 78.1 Å². The van der Waals surface area contributed by atoms with E-state index < -0.39 is 8.07 Å². The molecule has 4 aromatic rings. The molecule has 0 aliphatic heterocycles. The highest BCUT2D eigenvalue weighted by atomic mass is 28.3. The first-order valence-corrected chi connectivity index (χ1v) is 17.1.